The Labute approximate surface area is 109 Å². The van der Waals surface area contributed by atoms with Gasteiger partial charge in [0.05, 0.1) is 10.6 Å². The quantitative estimate of drug-likeness (QED) is 0.663. The van der Waals surface area contributed by atoms with Crippen LogP contribution in [-0.2, 0) is 14.3 Å². The van der Waals surface area contributed by atoms with Gasteiger partial charge < -0.3 is 14.8 Å². The number of benzene rings is 1. The second-order valence-electron chi connectivity index (χ2n) is 3.91. The number of hydrogen-bond acceptors (Lipinski definition) is 5. The van der Waals surface area contributed by atoms with Crippen molar-refractivity contribution in [2.75, 3.05) is 18.5 Å². The van der Waals surface area contributed by atoms with Gasteiger partial charge in [0.2, 0.25) is 5.76 Å². The lowest BCUT2D eigenvalue weighted by atomic mass is 10.2. The van der Waals surface area contributed by atoms with Gasteiger partial charge in [-0.2, -0.15) is 0 Å². The predicted octanol–water partition coefficient (Wildman–Crippen LogP) is 1.73. The van der Waals surface area contributed by atoms with E-state index in [1.807, 2.05) is 0 Å². The number of nitro benzene ring substituents is 1. The first kappa shape index (κ1) is 12.9. The number of nitrogens with zero attached hydrogens (tertiary/aromatic N) is 1. The van der Waals surface area contributed by atoms with E-state index in [1.54, 1.807) is 13.0 Å². The maximum Gasteiger partial charge on any atom is 0.294 e. The second-order valence-corrected chi connectivity index (χ2v) is 3.91. The molecule has 1 aliphatic heterocycles. The zero-order valence-electron chi connectivity index (χ0n) is 10.2. The summed E-state index contributed by atoms with van der Waals surface area (Å²) in [5.74, 6) is -0.444. The number of anilines is 1. The van der Waals surface area contributed by atoms with Crippen LogP contribution < -0.4 is 5.32 Å². The second kappa shape index (κ2) is 5.38. The molecular formula is C12H12N2O5. The van der Waals surface area contributed by atoms with E-state index < -0.39 is 10.8 Å². The Hall–Kier alpha value is -2.57. The van der Waals surface area contributed by atoms with Gasteiger partial charge in [0, 0.05) is 12.1 Å². The van der Waals surface area contributed by atoms with E-state index in [0.717, 1.165) is 5.56 Å². The van der Waals surface area contributed by atoms with Crippen LogP contribution in [0.1, 0.15) is 5.56 Å². The smallest absolute Gasteiger partial charge is 0.294 e. The van der Waals surface area contributed by atoms with E-state index in [-0.39, 0.29) is 11.4 Å². The Bertz CT molecular complexity index is 553. The number of nitro groups is 1. The van der Waals surface area contributed by atoms with Crippen LogP contribution in [-0.4, -0.2) is 24.0 Å². The number of carbonyl (C=O) groups is 1. The highest BCUT2D eigenvalue weighted by Gasteiger charge is 2.17. The Kier molecular flexibility index (Phi) is 3.65. The number of non-ortho nitro benzene ring substituents is 1. The summed E-state index contributed by atoms with van der Waals surface area (Å²) in [4.78, 5) is 22.0. The first-order valence-electron chi connectivity index (χ1n) is 5.59. The molecule has 19 heavy (non-hydrogen) atoms. The van der Waals surface area contributed by atoms with Crippen molar-refractivity contribution in [2.24, 2.45) is 0 Å². The maximum absolute atomic E-state index is 11.8. The van der Waals surface area contributed by atoms with Crippen molar-refractivity contribution in [3.63, 3.8) is 0 Å². The van der Waals surface area contributed by atoms with E-state index in [1.165, 1.54) is 18.4 Å². The fourth-order valence-corrected chi connectivity index (χ4v) is 1.53. The largest absolute Gasteiger partial charge is 0.494 e. The number of ether oxygens (including phenoxy) is 2. The molecule has 0 radical (unpaired) electrons. The summed E-state index contributed by atoms with van der Waals surface area (Å²) in [6, 6.07) is 4.25. The molecule has 100 valence electrons. The highest BCUT2D eigenvalue weighted by Crippen LogP contribution is 2.22. The number of rotatable bonds is 3. The molecule has 0 unspecified atom stereocenters. The Morgan fingerprint density at radius 1 is 1.42 bits per heavy atom. The van der Waals surface area contributed by atoms with E-state index >= 15 is 0 Å². The van der Waals surface area contributed by atoms with E-state index in [9.17, 15) is 14.9 Å². The minimum atomic E-state index is -0.519. The lowest BCUT2D eigenvalue weighted by Crippen LogP contribution is -2.21. The standard InChI is InChI=1S/C12H12N2O5/c1-8-2-3-9(14(16)17)6-10(8)13-12(15)11-7-18-4-5-19-11/h2-3,6-7H,4-5H2,1H3,(H,13,15). The monoisotopic (exact) mass is 264 g/mol. The fourth-order valence-electron chi connectivity index (χ4n) is 1.53. The van der Waals surface area contributed by atoms with Gasteiger partial charge in [0.15, 0.2) is 0 Å². The summed E-state index contributed by atoms with van der Waals surface area (Å²) >= 11 is 0. The first-order chi connectivity index (χ1) is 9.08. The van der Waals surface area contributed by atoms with Gasteiger partial charge >= 0.3 is 0 Å². The third kappa shape index (κ3) is 3.01. The predicted molar refractivity (Wildman–Crippen MR) is 66.5 cm³/mol. The van der Waals surface area contributed by atoms with E-state index in [4.69, 9.17) is 9.47 Å². The summed E-state index contributed by atoms with van der Waals surface area (Å²) in [6.07, 6.45) is 1.23. The molecule has 1 N–H and O–H groups in total. The average Bonchev–Trinajstić information content (AvgIpc) is 2.42. The van der Waals surface area contributed by atoms with Crippen LogP contribution in [0.15, 0.2) is 30.2 Å². The minimum Gasteiger partial charge on any atom is -0.494 e. The summed E-state index contributed by atoms with van der Waals surface area (Å²) in [6.45, 7) is 2.44. The highest BCUT2D eigenvalue weighted by atomic mass is 16.6. The molecule has 1 amide bonds. The third-order valence-corrected chi connectivity index (χ3v) is 2.55. The van der Waals surface area contributed by atoms with Gasteiger partial charge in [0.1, 0.15) is 19.5 Å². The molecule has 1 heterocycles. The molecule has 0 saturated heterocycles. The molecule has 0 fully saturated rings. The number of nitrogens with one attached hydrogen (secondary N) is 1. The molecule has 0 bridgehead atoms. The molecule has 2 rings (SSSR count). The van der Waals surface area contributed by atoms with Gasteiger partial charge in [-0.1, -0.05) is 6.07 Å². The average molecular weight is 264 g/mol. The topological polar surface area (TPSA) is 90.7 Å². The lowest BCUT2D eigenvalue weighted by molar-refractivity contribution is -0.384. The summed E-state index contributed by atoms with van der Waals surface area (Å²) < 4.78 is 10.1. The Morgan fingerprint density at radius 2 is 2.21 bits per heavy atom. The Morgan fingerprint density at radius 3 is 2.84 bits per heavy atom. The van der Waals surface area contributed by atoms with Crippen LogP contribution in [0.3, 0.4) is 0 Å². The molecule has 7 heteroatoms. The third-order valence-electron chi connectivity index (χ3n) is 2.55. The normalized spacial score (nSPS) is 13.8. The van der Waals surface area contributed by atoms with Gasteiger partial charge in [0.25, 0.3) is 11.6 Å². The molecule has 0 atom stereocenters. The van der Waals surface area contributed by atoms with Crippen molar-refractivity contribution in [3.05, 3.63) is 45.9 Å². The number of carbonyl (C=O) groups excluding carboxylic acids is 1. The van der Waals surface area contributed by atoms with E-state index in [0.29, 0.717) is 18.9 Å². The summed E-state index contributed by atoms with van der Waals surface area (Å²) in [5.41, 5.74) is 1.00. The maximum atomic E-state index is 11.8. The fraction of sp³-hybridized carbons (Fsp3) is 0.250. The molecule has 1 aliphatic rings. The van der Waals surface area contributed by atoms with Gasteiger partial charge in [-0.15, -0.1) is 0 Å². The van der Waals surface area contributed by atoms with Crippen LogP contribution in [0, 0.1) is 17.0 Å². The van der Waals surface area contributed by atoms with Crippen LogP contribution >= 0.6 is 0 Å². The summed E-state index contributed by atoms with van der Waals surface area (Å²) in [5, 5.41) is 13.2. The van der Waals surface area contributed by atoms with Gasteiger partial charge in [-0.25, -0.2) is 0 Å². The van der Waals surface area contributed by atoms with Gasteiger partial charge in [-0.3, -0.25) is 14.9 Å². The molecule has 0 aliphatic carbocycles. The number of hydrogen-bond donors (Lipinski definition) is 1. The SMILES string of the molecule is Cc1ccc([N+](=O)[O-])cc1NC(=O)C1=COCCO1. The number of amides is 1. The minimum absolute atomic E-state index is 0.0529. The van der Waals surface area contributed by atoms with Crippen LogP contribution in [0.4, 0.5) is 11.4 Å². The van der Waals surface area contributed by atoms with Crippen LogP contribution in [0.5, 0.6) is 0 Å². The molecule has 0 saturated carbocycles. The Balaban J connectivity index is 2.18. The number of aryl methyl sites for hydroxylation is 1. The molecule has 1 aromatic carbocycles. The zero-order chi connectivity index (χ0) is 13.8. The molecule has 7 nitrogen and oxygen atoms in total. The van der Waals surface area contributed by atoms with Gasteiger partial charge in [-0.05, 0) is 12.5 Å². The zero-order valence-corrected chi connectivity index (χ0v) is 10.2. The first-order valence-corrected chi connectivity index (χ1v) is 5.59. The van der Waals surface area contributed by atoms with Crippen LogP contribution in [0.2, 0.25) is 0 Å². The highest BCUT2D eigenvalue weighted by molar-refractivity contribution is 6.02. The molecule has 1 aromatic rings. The van der Waals surface area contributed by atoms with Crippen molar-refractivity contribution >= 4 is 17.3 Å². The van der Waals surface area contributed by atoms with Crippen molar-refractivity contribution < 1.29 is 19.2 Å². The van der Waals surface area contributed by atoms with Crippen molar-refractivity contribution in [3.8, 4) is 0 Å². The van der Waals surface area contributed by atoms with Crippen molar-refractivity contribution in [1.29, 1.82) is 0 Å². The van der Waals surface area contributed by atoms with Crippen molar-refractivity contribution in [1.82, 2.24) is 0 Å². The van der Waals surface area contributed by atoms with E-state index in [2.05, 4.69) is 5.32 Å². The van der Waals surface area contributed by atoms with Crippen LogP contribution in [0.25, 0.3) is 0 Å². The van der Waals surface area contributed by atoms with Crippen molar-refractivity contribution in [2.45, 2.75) is 6.92 Å². The molecule has 0 spiro atoms. The summed E-state index contributed by atoms with van der Waals surface area (Å²) in [7, 11) is 0. The molecular weight excluding hydrogens is 252 g/mol. The lowest BCUT2D eigenvalue weighted by Gasteiger charge is -2.15. The molecule has 0 aromatic heterocycles.